The first-order valence-electron chi connectivity index (χ1n) is 9.55. The van der Waals surface area contributed by atoms with Gasteiger partial charge in [0.05, 0.1) is 6.61 Å². The van der Waals surface area contributed by atoms with Gasteiger partial charge >= 0.3 is 6.09 Å². The Morgan fingerprint density at radius 3 is 2.31 bits per heavy atom. The van der Waals surface area contributed by atoms with Gasteiger partial charge in [0.15, 0.2) is 0 Å². The number of likely N-dealkylation sites (tertiary alicyclic amines) is 1. The van der Waals surface area contributed by atoms with Gasteiger partial charge in [0.2, 0.25) is 0 Å². The van der Waals surface area contributed by atoms with Crippen molar-refractivity contribution in [2.24, 2.45) is 0 Å². The lowest BCUT2D eigenvalue weighted by atomic mass is 9.90. The largest absolute Gasteiger partial charge is 0.450 e. The number of Topliss-reactive ketones (excluding diaryl/α,β-unsaturated/α-hetero) is 1. The number of benzene rings is 1. The van der Waals surface area contributed by atoms with Gasteiger partial charge in [-0.3, -0.25) is 9.69 Å². The molecule has 5 nitrogen and oxygen atoms in total. The third-order valence-corrected chi connectivity index (χ3v) is 6.97. The van der Waals surface area contributed by atoms with E-state index < -0.39 is 8.07 Å². The van der Waals surface area contributed by atoms with Gasteiger partial charge in [-0.05, 0) is 11.6 Å². The maximum absolute atomic E-state index is 12.5. The van der Waals surface area contributed by atoms with Crippen LogP contribution in [0, 0.1) is 0 Å². The zero-order chi connectivity index (χ0) is 18.7. The summed E-state index contributed by atoms with van der Waals surface area (Å²) in [4.78, 5) is 28.8. The number of ether oxygens (including phenoxy) is 1. The molecule has 0 N–H and O–H groups in total. The van der Waals surface area contributed by atoms with E-state index >= 15 is 0 Å². The van der Waals surface area contributed by atoms with E-state index in [0.717, 1.165) is 12.6 Å². The molecule has 2 fully saturated rings. The zero-order valence-electron chi connectivity index (χ0n) is 16.1. The molecule has 2 unspecified atom stereocenters. The highest BCUT2D eigenvalue weighted by Gasteiger charge is 2.42. The molecule has 0 spiro atoms. The Labute approximate surface area is 157 Å². The van der Waals surface area contributed by atoms with E-state index in [0.29, 0.717) is 38.3 Å². The first-order chi connectivity index (χ1) is 12.3. The van der Waals surface area contributed by atoms with Crippen LogP contribution in [0.15, 0.2) is 30.3 Å². The summed E-state index contributed by atoms with van der Waals surface area (Å²) in [7, 11) is -1.21. The Hall–Kier alpha value is -1.66. The highest BCUT2D eigenvalue weighted by molar-refractivity contribution is 6.76. The third kappa shape index (κ3) is 4.95. The number of carbonyl (C=O) groups excluding carboxylic acids is 2. The number of ketones is 1. The van der Waals surface area contributed by atoms with Crippen molar-refractivity contribution in [3.63, 3.8) is 0 Å². The molecule has 2 saturated heterocycles. The summed E-state index contributed by atoms with van der Waals surface area (Å²) in [5.41, 5.74) is 1.25. The van der Waals surface area contributed by atoms with Crippen molar-refractivity contribution < 1.29 is 14.3 Å². The summed E-state index contributed by atoms with van der Waals surface area (Å²) in [6.45, 7) is 9.34. The fraction of sp³-hybridized carbons (Fsp3) is 0.600. The first-order valence-corrected chi connectivity index (χ1v) is 13.3. The predicted octanol–water partition coefficient (Wildman–Crippen LogP) is 3.38. The van der Waals surface area contributed by atoms with Gasteiger partial charge in [-0.1, -0.05) is 50.0 Å². The molecule has 142 valence electrons. The number of piperazine rings is 1. The van der Waals surface area contributed by atoms with Crippen molar-refractivity contribution in [2.75, 3.05) is 19.7 Å². The van der Waals surface area contributed by atoms with E-state index in [1.165, 1.54) is 5.56 Å². The average Bonchev–Trinajstić information content (AvgIpc) is 2.55. The molecular weight excluding hydrogens is 344 g/mol. The van der Waals surface area contributed by atoms with Crippen molar-refractivity contribution in [1.29, 1.82) is 0 Å². The van der Waals surface area contributed by atoms with Gasteiger partial charge in [0, 0.05) is 52.6 Å². The van der Waals surface area contributed by atoms with Crippen molar-refractivity contribution in [3.8, 4) is 0 Å². The molecule has 2 bridgehead atoms. The number of hydrogen-bond donors (Lipinski definition) is 0. The number of fused-ring (bicyclic) bond motifs is 2. The molecule has 0 aromatic heterocycles. The van der Waals surface area contributed by atoms with Crippen LogP contribution < -0.4 is 0 Å². The van der Waals surface area contributed by atoms with E-state index in [1.807, 2.05) is 23.1 Å². The van der Waals surface area contributed by atoms with E-state index in [4.69, 9.17) is 4.74 Å². The number of carbonyl (C=O) groups is 2. The number of piperidine rings is 1. The topological polar surface area (TPSA) is 49.9 Å². The molecule has 3 rings (SSSR count). The van der Waals surface area contributed by atoms with Crippen LogP contribution in [0.5, 0.6) is 0 Å². The number of nitrogens with zero attached hydrogens (tertiary/aromatic N) is 2. The molecule has 1 aromatic rings. The minimum atomic E-state index is -1.21. The van der Waals surface area contributed by atoms with Gasteiger partial charge in [0.25, 0.3) is 0 Å². The van der Waals surface area contributed by atoms with E-state index in [9.17, 15) is 9.59 Å². The van der Waals surface area contributed by atoms with Crippen molar-refractivity contribution >= 4 is 20.0 Å². The van der Waals surface area contributed by atoms with Gasteiger partial charge in [-0.15, -0.1) is 0 Å². The second kappa shape index (κ2) is 7.92. The van der Waals surface area contributed by atoms with Crippen molar-refractivity contribution in [3.05, 3.63) is 35.9 Å². The smallest absolute Gasteiger partial charge is 0.409 e. The molecule has 2 heterocycles. The molecule has 6 heteroatoms. The minimum Gasteiger partial charge on any atom is -0.450 e. The van der Waals surface area contributed by atoms with Crippen LogP contribution in [0.1, 0.15) is 18.4 Å². The lowest BCUT2D eigenvalue weighted by Gasteiger charge is -2.49. The fourth-order valence-corrected chi connectivity index (χ4v) is 4.52. The summed E-state index contributed by atoms with van der Waals surface area (Å²) in [5.74, 6) is 0.316. The Morgan fingerprint density at radius 1 is 1.12 bits per heavy atom. The molecule has 2 atom stereocenters. The maximum Gasteiger partial charge on any atom is 0.409 e. The highest BCUT2D eigenvalue weighted by atomic mass is 28.3. The molecule has 0 saturated carbocycles. The van der Waals surface area contributed by atoms with Crippen molar-refractivity contribution in [2.45, 2.75) is 57.2 Å². The van der Waals surface area contributed by atoms with Crippen LogP contribution >= 0.6 is 0 Å². The molecular formula is C20H30N2O3Si. The number of rotatable bonds is 5. The molecule has 0 radical (unpaired) electrons. The molecule has 26 heavy (non-hydrogen) atoms. The first kappa shape index (κ1) is 19.1. The van der Waals surface area contributed by atoms with E-state index in [1.54, 1.807) is 0 Å². The molecule has 1 amide bonds. The van der Waals surface area contributed by atoms with Gasteiger partial charge in [-0.25, -0.2) is 4.79 Å². The SMILES string of the molecule is C[Si](C)(C)CCOC(=O)N1CC2CC(=O)CC(C1)N2Cc1ccccc1. The Balaban J connectivity index is 1.61. The monoisotopic (exact) mass is 374 g/mol. The van der Waals surface area contributed by atoms with Gasteiger partial charge in [-0.2, -0.15) is 0 Å². The second-order valence-electron chi connectivity index (χ2n) is 8.74. The van der Waals surface area contributed by atoms with E-state index in [-0.39, 0.29) is 18.2 Å². The summed E-state index contributed by atoms with van der Waals surface area (Å²) in [5, 5.41) is 0. The average molecular weight is 375 g/mol. The standard InChI is InChI=1S/C20H30N2O3Si/c1-26(2,3)10-9-25-20(24)21-14-17-11-19(23)12-18(15-21)22(17)13-16-7-5-4-6-8-16/h4-8,17-18H,9-15H2,1-3H3. The molecule has 1 aromatic carbocycles. The van der Waals surface area contributed by atoms with Crippen LogP contribution in [-0.4, -0.2) is 61.5 Å². The van der Waals surface area contributed by atoms with Crippen molar-refractivity contribution in [1.82, 2.24) is 9.80 Å². The lowest BCUT2D eigenvalue weighted by Crippen LogP contribution is -2.63. The summed E-state index contributed by atoms with van der Waals surface area (Å²) in [6.07, 6.45) is 0.844. The number of amides is 1. The van der Waals surface area contributed by atoms with Crippen LogP contribution in [0.3, 0.4) is 0 Å². The maximum atomic E-state index is 12.5. The normalized spacial score (nSPS) is 23.8. The summed E-state index contributed by atoms with van der Waals surface area (Å²) < 4.78 is 5.52. The molecule has 2 aliphatic heterocycles. The van der Waals surface area contributed by atoms with E-state index in [2.05, 4.69) is 36.7 Å². The van der Waals surface area contributed by atoms with Crippen LogP contribution in [0.2, 0.25) is 25.7 Å². The molecule has 0 aliphatic carbocycles. The Bertz CT molecular complexity index is 626. The third-order valence-electron chi connectivity index (χ3n) is 5.27. The minimum absolute atomic E-state index is 0.0970. The second-order valence-corrected chi connectivity index (χ2v) is 14.4. The van der Waals surface area contributed by atoms with Gasteiger partial charge < -0.3 is 9.64 Å². The molecule has 2 aliphatic rings. The highest BCUT2D eigenvalue weighted by Crippen LogP contribution is 2.29. The van der Waals surface area contributed by atoms with Gasteiger partial charge in [0.1, 0.15) is 5.78 Å². The fourth-order valence-electron chi connectivity index (χ4n) is 3.80. The number of hydrogen-bond acceptors (Lipinski definition) is 4. The summed E-state index contributed by atoms with van der Waals surface area (Å²) in [6, 6.07) is 11.5. The predicted molar refractivity (Wildman–Crippen MR) is 105 cm³/mol. The zero-order valence-corrected chi connectivity index (χ0v) is 17.1. The Kier molecular flexibility index (Phi) is 5.82. The summed E-state index contributed by atoms with van der Waals surface area (Å²) >= 11 is 0. The quantitative estimate of drug-likeness (QED) is 0.742. The van der Waals surface area contributed by atoms with Crippen LogP contribution in [0.25, 0.3) is 0 Å². The lowest BCUT2D eigenvalue weighted by molar-refractivity contribution is -0.129. The Morgan fingerprint density at radius 2 is 1.73 bits per heavy atom. The van der Waals surface area contributed by atoms with Crippen LogP contribution in [0.4, 0.5) is 4.79 Å². The van der Waals surface area contributed by atoms with Crippen LogP contribution in [-0.2, 0) is 16.1 Å².